The maximum atomic E-state index is 12.0. The van der Waals surface area contributed by atoms with Crippen LogP contribution in [0.5, 0.6) is 0 Å². The van der Waals surface area contributed by atoms with Crippen molar-refractivity contribution in [2.45, 2.75) is 27.2 Å². The first-order valence-corrected chi connectivity index (χ1v) is 7.23. The van der Waals surface area contributed by atoms with E-state index in [9.17, 15) is 4.79 Å². The van der Waals surface area contributed by atoms with E-state index in [1.54, 1.807) is 0 Å². The van der Waals surface area contributed by atoms with Crippen molar-refractivity contribution in [1.29, 1.82) is 0 Å². The molecule has 0 unspecified atom stereocenters. The standard InChI is InChI=1S/C18H20N2O/c1-18(2,3)11-17(21)19-12-8-9-16-14(10-12)13-6-4-5-7-15(13)20-16/h4-10,20H,11H2,1-3H3,(H,19,21). The minimum atomic E-state index is -0.00499. The molecule has 0 aliphatic carbocycles. The van der Waals surface area contributed by atoms with Gasteiger partial charge in [-0.25, -0.2) is 0 Å². The van der Waals surface area contributed by atoms with E-state index in [-0.39, 0.29) is 11.3 Å². The average molecular weight is 280 g/mol. The Morgan fingerprint density at radius 1 is 1.05 bits per heavy atom. The summed E-state index contributed by atoms with van der Waals surface area (Å²) in [6.07, 6.45) is 0.513. The van der Waals surface area contributed by atoms with Gasteiger partial charge in [0.2, 0.25) is 5.91 Å². The van der Waals surface area contributed by atoms with Crippen LogP contribution in [0.1, 0.15) is 27.2 Å². The molecule has 0 spiro atoms. The molecule has 1 aromatic heterocycles. The minimum absolute atomic E-state index is 0.00499. The molecular formula is C18H20N2O. The number of hydrogen-bond acceptors (Lipinski definition) is 1. The minimum Gasteiger partial charge on any atom is -0.355 e. The fourth-order valence-electron chi connectivity index (χ4n) is 2.61. The van der Waals surface area contributed by atoms with Gasteiger partial charge in [0.15, 0.2) is 0 Å². The zero-order chi connectivity index (χ0) is 15.0. The summed E-state index contributed by atoms with van der Waals surface area (Å²) in [4.78, 5) is 15.4. The fourth-order valence-corrected chi connectivity index (χ4v) is 2.61. The first-order chi connectivity index (χ1) is 9.92. The highest BCUT2D eigenvalue weighted by Crippen LogP contribution is 2.28. The molecule has 0 saturated carbocycles. The third-order valence-corrected chi connectivity index (χ3v) is 3.48. The molecule has 3 nitrogen and oxygen atoms in total. The quantitative estimate of drug-likeness (QED) is 0.702. The zero-order valence-corrected chi connectivity index (χ0v) is 12.7. The number of aromatic nitrogens is 1. The second-order valence-electron chi connectivity index (χ2n) is 6.72. The van der Waals surface area contributed by atoms with Crippen LogP contribution >= 0.6 is 0 Å². The number of para-hydroxylation sites is 1. The molecule has 0 bridgehead atoms. The highest BCUT2D eigenvalue weighted by Gasteiger charge is 2.16. The predicted molar refractivity (Wildman–Crippen MR) is 88.5 cm³/mol. The Morgan fingerprint density at radius 3 is 2.52 bits per heavy atom. The molecule has 2 aromatic carbocycles. The molecule has 3 aromatic rings. The predicted octanol–water partition coefficient (Wildman–Crippen LogP) is 4.70. The Morgan fingerprint density at radius 2 is 1.76 bits per heavy atom. The molecule has 108 valence electrons. The maximum absolute atomic E-state index is 12.0. The SMILES string of the molecule is CC(C)(C)CC(=O)Nc1ccc2[nH]c3ccccc3c2c1. The molecule has 0 atom stereocenters. The lowest BCUT2D eigenvalue weighted by Gasteiger charge is -2.17. The van der Waals surface area contributed by atoms with E-state index in [2.05, 4.69) is 43.2 Å². The molecule has 0 aliphatic rings. The Kier molecular flexibility index (Phi) is 3.20. The number of fused-ring (bicyclic) bond motifs is 3. The molecule has 0 radical (unpaired) electrons. The summed E-state index contributed by atoms with van der Waals surface area (Å²) >= 11 is 0. The highest BCUT2D eigenvalue weighted by atomic mass is 16.1. The lowest BCUT2D eigenvalue weighted by Crippen LogP contribution is -2.19. The molecule has 0 fully saturated rings. The van der Waals surface area contributed by atoms with Crippen LogP contribution in [0.3, 0.4) is 0 Å². The monoisotopic (exact) mass is 280 g/mol. The number of H-pyrrole nitrogens is 1. The van der Waals surface area contributed by atoms with Gasteiger partial charge >= 0.3 is 0 Å². The lowest BCUT2D eigenvalue weighted by atomic mass is 9.92. The van der Waals surface area contributed by atoms with Gasteiger partial charge in [-0.3, -0.25) is 4.79 Å². The first kappa shape index (κ1) is 13.7. The Bertz CT molecular complexity index is 809. The number of hydrogen-bond donors (Lipinski definition) is 2. The zero-order valence-electron chi connectivity index (χ0n) is 12.7. The Balaban J connectivity index is 1.94. The van der Waals surface area contributed by atoms with E-state index in [4.69, 9.17) is 0 Å². The third kappa shape index (κ3) is 2.92. The van der Waals surface area contributed by atoms with Gasteiger partial charge in [-0.1, -0.05) is 39.0 Å². The largest absolute Gasteiger partial charge is 0.355 e. The van der Waals surface area contributed by atoms with Crippen molar-refractivity contribution < 1.29 is 4.79 Å². The van der Waals surface area contributed by atoms with Crippen molar-refractivity contribution in [3.63, 3.8) is 0 Å². The van der Waals surface area contributed by atoms with Crippen molar-refractivity contribution in [3.05, 3.63) is 42.5 Å². The van der Waals surface area contributed by atoms with E-state index < -0.39 is 0 Å². The van der Waals surface area contributed by atoms with Gasteiger partial charge < -0.3 is 10.3 Å². The van der Waals surface area contributed by atoms with Gasteiger partial charge in [-0.2, -0.15) is 0 Å². The number of aromatic amines is 1. The summed E-state index contributed by atoms with van der Waals surface area (Å²) < 4.78 is 0. The van der Waals surface area contributed by atoms with Crippen LogP contribution in [-0.2, 0) is 4.79 Å². The van der Waals surface area contributed by atoms with E-state index >= 15 is 0 Å². The Hall–Kier alpha value is -2.29. The second-order valence-corrected chi connectivity index (χ2v) is 6.72. The van der Waals surface area contributed by atoms with Gasteiger partial charge in [-0.15, -0.1) is 0 Å². The van der Waals surface area contributed by atoms with Gasteiger partial charge in [0.1, 0.15) is 0 Å². The van der Waals surface area contributed by atoms with Crippen LogP contribution in [0, 0.1) is 5.41 Å². The number of amides is 1. The smallest absolute Gasteiger partial charge is 0.224 e. The van der Waals surface area contributed by atoms with Crippen molar-refractivity contribution in [3.8, 4) is 0 Å². The molecule has 0 aliphatic heterocycles. The molecule has 2 N–H and O–H groups in total. The van der Waals surface area contributed by atoms with Gasteiger partial charge in [0.25, 0.3) is 0 Å². The van der Waals surface area contributed by atoms with Crippen molar-refractivity contribution in [2.24, 2.45) is 5.41 Å². The summed E-state index contributed by atoms with van der Waals surface area (Å²) in [5.74, 6) is 0.0571. The topological polar surface area (TPSA) is 44.9 Å². The van der Waals surface area contributed by atoms with E-state index in [1.165, 1.54) is 5.39 Å². The van der Waals surface area contributed by atoms with Crippen LogP contribution in [-0.4, -0.2) is 10.9 Å². The maximum Gasteiger partial charge on any atom is 0.224 e. The highest BCUT2D eigenvalue weighted by molar-refractivity contribution is 6.09. The van der Waals surface area contributed by atoms with Crippen LogP contribution in [0.15, 0.2) is 42.5 Å². The number of nitrogens with one attached hydrogen (secondary N) is 2. The summed E-state index contributed by atoms with van der Waals surface area (Å²) in [5, 5.41) is 5.31. The summed E-state index contributed by atoms with van der Waals surface area (Å²) in [5.41, 5.74) is 3.05. The van der Waals surface area contributed by atoms with Gasteiger partial charge in [0.05, 0.1) is 0 Å². The van der Waals surface area contributed by atoms with Crippen molar-refractivity contribution >= 4 is 33.4 Å². The molecule has 21 heavy (non-hydrogen) atoms. The summed E-state index contributed by atoms with van der Waals surface area (Å²) in [6.45, 7) is 6.19. The van der Waals surface area contributed by atoms with Crippen molar-refractivity contribution in [1.82, 2.24) is 4.98 Å². The normalized spacial score (nSPS) is 12.0. The van der Waals surface area contributed by atoms with Crippen molar-refractivity contribution in [2.75, 3.05) is 5.32 Å². The van der Waals surface area contributed by atoms with E-state index in [0.29, 0.717) is 6.42 Å². The third-order valence-electron chi connectivity index (χ3n) is 3.48. The van der Waals surface area contributed by atoms with Crippen LogP contribution in [0.4, 0.5) is 5.69 Å². The van der Waals surface area contributed by atoms with Gasteiger partial charge in [-0.05, 0) is 29.7 Å². The molecular weight excluding hydrogens is 260 g/mol. The number of carbonyl (C=O) groups is 1. The van der Waals surface area contributed by atoms with Gasteiger partial charge in [0, 0.05) is 33.9 Å². The summed E-state index contributed by atoms with van der Waals surface area (Å²) in [7, 11) is 0. The molecule has 1 amide bonds. The van der Waals surface area contributed by atoms with Crippen LogP contribution < -0.4 is 5.32 Å². The number of benzene rings is 2. The fraction of sp³-hybridized carbons (Fsp3) is 0.278. The van der Waals surface area contributed by atoms with E-state index in [1.807, 2.05) is 30.3 Å². The average Bonchev–Trinajstić information content (AvgIpc) is 2.74. The molecule has 3 heteroatoms. The Labute approximate surface area is 124 Å². The molecule has 0 saturated heterocycles. The van der Waals surface area contributed by atoms with Crippen LogP contribution in [0.2, 0.25) is 0 Å². The summed E-state index contributed by atoms with van der Waals surface area (Å²) in [6, 6.07) is 14.2. The number of rotatable bonds is 2. The van der Waals surface area contributed by atoms with Crippen LogP contribution in [0.25, 0.3) is 21.8 Å². The number of anilines is 1. The second kappa shape index (κ2) is 4.92. The first-order valence-electron chi connectivity index (χ1n) is 7.23. The van der Waals surface area contributed by atoms with E-state index in [0.717, 1.165) is 22.1 Å². The lowest BCUT2D eigenvalue weighted by molar-refractivity contribution is -0.117. The molecule has 1 heterocycles. The molecule has 3 rings (SSSR count). The number of carbonyl (C=O) groups excluding carboxylic acids is 1.